The van der Waals surface area contributed by atoms with E-state index in [1.807, 2.05) is 25.4 Å². The molecular weight excluding hydrogens is 238 g/mol. The van der Waals surface area contributed by atoms with Crippen molar-refractivity contribution in [1.82, 2.24) is 10.3 Å². The fraction of sp³-hybridized carbons (Fsp3) is 0.667. The first-order chi connectivity index (χ1) is 9.35. The summed E-state index contributed by atoms with van der Waals surface area (Å²) in [5, 5.41) is 3.28. The molecule has 4 nitrogen and oxygen atoms in total. The molecule has 2 rings (SSSR count). The van der Waals surface area contributed by atoms with Gasteiger partial charge in [-0.15, -0.1) is 0 Å². The van der Waals surface area contributed by atoms with Gasteiger partial charge in [0, 0.05) is 19.3 Å². The van der Waals surface area contributed by atoms with Gasteiger partial charge in [0.15, 0.2) is 11.6 Å². The van der Waals surface area contributed by atoms with Crippen LogP contribution in [0.25, 0.3) is 0 Å². The van der Waals surface area contributed by atoms with Crippen molar-refractivity contribution in [2.24, 2.45) is 5.92 Å². The lowest BCUT2D eigenvalue weighted by Crippen LogP contribution is -2.39. The molecule has 1 atom stereocenters. The van der Waals surface area contributed by atoms with Crippen molar-refractivity contribution in [1.29, 1.82) is 0 Å². The summed E-state index contributed by atoms with van der Waals surface area (Å²) in [7, 11) is 2.02. The molecule has 1 aliphatic heterocycles. The lowest BCUT2D eigenvalue weighted by atomic mass is 9.98. The Balaban J connectivity index is 2.07. The Kier molecular flexibility index (Phi) is 5.45. The lowest BCUT2D eigenvalue weighted by Gasteiger charge is -2.34. The molecule has 0 radical (unpaired) electrons. The Hall–Kier alpha value is -1.29. The molecule has 1 saturated heterocycles. The van der Waals surface area contributed by atoms with Gasteiger partial charge >= 0.3 is 0 Å². The molecule has 19 heavy (non-hydrogen) atoms. The zero-order chi connectivity index (χ0) is 13.5. The van der Waals surface area contributed by atoms with Gasteiger partial charge in [-0.3, -0.25) is 0 Å². The normalized spacial score (nSPS) is 19.5. The highest BCUT2D eigenvalue weighted by atomic mass is 16.5. The van der Waals surface area contributed by atoms with Gasteiger partial charge in [-0.25, -0.2) is 4.98 Å². The van der Waals surface area contributed by atoms with Crippen LogP contribution >= 0.6 is 0 Å². The summed E-state index contributed by atoms with van der Waals surface area (Å²) < 4.78 is 5.81. The lowest BCUT2D eigenvalue weighted by molar-refractivity contribution is 0.314. The van der Waals surface area contributed by atoms with E-state index in [1.165, 1.54) is 12.8 Å². The minimum Gasteiger partial charge on any atom is -0.490 e. The first-order valence-corrected chi connectivity index (χ1v) is 7.32. The molecule has 0 aromatic carbocycles. The summed E-state index contributed by atoms with van der Waals surface area (Å²) in [5.41, 5.74) is 0. The quantitative estimate of drug-likeness (QED) is 0.854. The summed E-state index contributed by atoms with van der Waals surface area (Å²) in [6.45, 7) is 6.11. The predicted molar refractivity (Wildman–Crippen MR) is 78.9 cm³/mol. The standard InChI is InChI=1S/C15H25N3O/c1-3-10-19-14-7-4-8-17-15(14)18-9-5-6-13(12-18)11-16-2/h4,7-8,13,16H,3,5-6,9-12H2,1-2H3. The first-order valence-electron chi connectivity index (χ1n) is 7.32. The number of hydrogen-bond donors (Lipinski definition) is 1. The van der Waals surface area contributed by atoms with Gasteiger partial charge in [0.25, 0.3) is 0 Å². The van der Waals surface area contributed by atoms with Gasteiger partial charge in [0.05, 0.1) is 6.61 Å². The Bertz CT molecular complexity index is 381. The number of piperidine rings is 1. The fourth-order valence-corrected chi connectivity index (χ4v) is 2.66. The number of nitrogens with one attached hydrogen (secondary N) is 1. The predicted octanol–water partition coefficient (Wildman–Crippen LogP) is 2.31. The second kappa shape index (κ2) is 7.34. The number of pyridine rings is 1. The Morgan fingerprint density at radius 2 is 2.42 bits per heavy atom. The number of hydrogen-bond acceptors (Lipinski definition) is 4. The number of rotatable bonds is 6. The van der Waals surface area contributed by atoms with E-state index in [0.29, 0.717) is 5.92 Å². The molecule has 1 aromatic heterocycles. The molecule has 0 bridgehead atoms. The van der Waals surface area contributed by atoms with E-state index in [-0.39, 0.29) is 0 Å². The molecule has 2 heterocycles. The summed E-state index contributed by atoms with van der Waals surface area (Å²) in [5.74, 6) is 2.64. The SMILES string of the molecule is CCCOc1cccnc1N1CCCC(CNC)C1. The Morgan fingerprint density at radius 1 is 1.53 bits per heavy atom. The highest BCUT2D eigenvalue weighted by Gasteiger charge is 2.22. The van der Waals surface area contributed by atoms with Crippen LogP contribution in [0.2, 0.25) is 0 Å². The fourth-order valence-electron chi connectivity index (χ4n) is 2.66. The molecule has 1 aliphatic rings. The number of ether oxygens (including phenoxy) is 1. The van der Waals surface area contributed by atoms with Gasteiger partial charge < -0.3 is 15.0 Å². The van der Waals surface area contributed by atoms with E-state index in [4.69, 9.17) is 4.74 Å². The van der Waals surface area contributed by atoms with Crippen molar-refractivity contribution in [3.63, 3.8) is 0 Å². The van der Waals surface area contributed by atoms with Crippen LogP contribution in [0.1, 0.15) is 26.2 Å². The van der Waals surface area contributed by atoms with Gasteiger partial charge in [-0.05, 0) is 50.9 Å². The number of anilines is 1. The maximum absolute atomic E-state index is 5.81. The molecule has 0 spiro atoms. The van der Waals surface area contributed by atoms with Crippen molar-refractivity contribution in [3.05, 3.63) is 18.3 Å². The van der Waals surface area contributed by atoms with Crippen LogP contribution < -0.4 is 15.0 Å². The second-order valence-electron chi connectivity index (χ2n) is 5.19. The monoisotopic (exact) mass is 263 g/mol. The smallest absolute Gasteiger partial charge is 0.171 e. The van der Waals surface area contributed by atoms with Crippen LogP contribution in [-0.4, -0.2) is 38.3 Å². The van der Waals surface area contributed by atoms with Crippen molar-refractivity contribution < 1.29 is 4.74 Å². The third-order valence-electron chi connectivity index (χ3n) is 3.52. The average molecular weight is 263 g/mol. The van der Waals surface area contributed by atoms with Crippen molar-refractivity contribution >= 4 is 5.82 Å². The van der Waals surface area contributed by atoms with Gasteiger partial charge in [-0.1, -0.05) is 6.92 Å². The van der Waals surface area contributed by atoms with Crippen LogP contribution in [0.4, 0.5) is 5.82 Å². The van der Waals surface area contributed by atoms with E-state index in [0.717, 1.165) is 44.2 Å². The second-order valence-corrected chi connectivity index (χ2v) is 5.19. The van der Waals surface area contributed by atoms with Gasteiger partial charge in [-0.2, -0.15) is 0 Å². The third-order valence-corrected chi connectivity index (χ3v) is 3.52. The summed E-state index contributed by atoms with van der Waals surface area (Å²) in [6, 6.07) is 3.98. The van der Waals surface area contributed by atoms with Crippen molar-refractivity contribution in [3.8, 4) is 5.75 Å². The molecule has 1 fully saturated rings. The summed E-state index contributed by atoms with van der Waals surface area (Å²) in [4.78, 5) is 6.90. The van der Waals surface area contributed by atoms with Crippen molar-refractivity contribution in [2.75, 3.05) is 38.2 Å². The highest BCUT2D eigenvalue weighted by molar-refractivity contribution is 5.52. The minimum atomic E-state index is 0.708. The number of aromatic nitrogens is 1. The maximum atomic E-state index is 5.81. The molecular formula is C15H25N3O. The van der Waals surface area contributed by atoms with Crippen LogP contribution in [0, 0.1) is 5.92 Å². The van der Waals surface area contributed by atoms with Crippen LogP contribution in [0.3, 0.4) is 0 Å². The number of nitrogens with zero attached hydrogens (tertiary/aromatic N) is 2. The maximum Gasteiger partial charge on any atom is 0.171 e. The van der Waals surface area contributed by atoms with E-state index in [1.54, 1.807) is 0 Å². The Labute approximate surface area is 116 Å². The summed E-state index contributed by atoms with van der Waals surface area (Å²) >= 11 is 0. The zero-order valence-electron chi connectivity index (χ0n) is 12.1. The zero-order valence-corrected chi connectivity index (χ0v) is 12.1. The van der Waals surface area contributed by atoms with E-state index >= 15 is 0 Å². The highest BCUT2D eigenvalue weighted by Crippen LogP contribution is 2.29. The largest absolute Gasteiger partial charge is 0.490 e. The summed E-state index contributed by atoms with van der Waals surface area (Å²) in [6.07, 6.45) is 5.41. The molecule has 4 heteroatoms. The molecule has 0 amide bonds. The van der Waals surface area contributed by atoms with Gasteiger partial charge in [0.1, 0.15) is 0 Å². The van der Waals surface area contributed by atoms with E-state index in [9.17, 15) is 0 Å². The van der Waals surface area contributed by atoms with Crippen LogP contribution in [0.5, 0.6) is 5.75 Å². The average Bonchev–Trinajstić information content (AvgIpc) is 2.46. The minimum absolute atomic E-state index is 0.708. The van der Waals surface area contributed by atoms with Crippen molar-refractivity contribution in [2.45, 2.75) is 26.2 Å². The molecule has 0 saturated carbocycles. The van der Waals surface area contributed by atoms with E-state index in [2.05, 4.69) is 22.1 Å². The van der Waals surface area contributed by atoms with Gasteiger partial charge in [0.2, 0.25) is 0 Å². The van der Waals surface area contributed by atoms with Crippen LogP contribution in [0.15, 0.2) is 18.3 Å². The molecule has 1 aromatic rings. The molecule has 1 unspecified atom stereocenters. The third kappa shape index (κ3) is 3.83. The first kappa shape index (κ1) is 14.1. The van der Waals surface area contributed by atoms with E-state index < -0.39 is 0 Å². The molecule has 0 aliphatic carbocycles. The van der Waals surface area contributed by atoms with Crippen LogP contribution in [-0.2, 0) is 0 Å². The molecule has 106 valence electrons. The molecule has 1 N–H and O–H groups in total. The Morgan fingerprint density at radius 3 is 3.21 bits per heavy atom. The topological polar surface area (TPSA) is 37.4 Å².